The Balaban J connectivity index is 0.000000247. The molecule has 0 spiro atoms. The maximum Gasteiger partial charge on any atom is -0.0178 e. The molecule has 0 saturated heterocycles. The lowest BCUT2D eigenvalue weighted by molar-refractivity contribution is 0.588. The van der Waals surface area contributed by atoms with Gasteiger partial charge in [0, 0.05) is 0 Å². The number of rotatable bonds is 7. The van der Waals surface area contributed by atoms with Crippen LogP contribution in [0.5, 0.6) is 0 Å². The van der Waals surface area contributed by atoms with Crippen molar-refractivity contribution in [3.63, 3.8) is 0 Å². The van der Waals surface area contributed by atoms with Crippen LogP contribution in [0.2, 0.25) is 0 Å². The summed E-state index contributed by atoms with van der Waals surface area (Å²) >= 11 is 0. The van der Waals surface area contributed by atoms with Crippen LogP contribution >= 0.6 is 0 Å². The van der Waals surface area contributed by atoms with Crippen molar-refractivity contribution in [2.45, 2.75) is 68.2 Å². The van der Waals surface area contributed by atoms with E-state index in [4.69, 9.17) is 0 Å². The summed E-state index contributed by atoms with van der Waals surface area (Å²) in [5.74, 6) is 0.775. The first-order valence-electron chi connectivity index (χ1n) is 12.9. The SMILES string of the molecule is C/C=C(\C)c1cc(-c2cccc(C)c2)ccc1C.C/C=C(\C=C\c1ccccc1C)CCC(C)C. The minimum atomic E-state index is 0.775. The maximum atomic E-state index is 2.29. The predicted octanol–water partition coefficient (Wildman–Crippen LogP) is 10.8. The Hall–Kier alpha value is -3.12. The lowest BCUT2D eigenvalue weighted by Crippen LogP contribution is -1.88. The van der Waals surface area contributed by atoms with Crippen LogP contribution < -0.4 is 0 Å². The van der Waals surface area contributed by atoms with E-state index in [1.807, 2.05) is 0 Å². The summed E-state index contributed by atoms with van der Waals surface area (Å²) < 4.78 is 0. The van der Waals surface area contributed by atoms with Crippen LogP contribution in [0.1, 0.15) is 75.3 Å². The summed E-state index contributed by atoms with van der Waals surface area (Å²) in [4.78, 5) is 0. The van der Waals surface area contributed by atoms with E-state index in [0.29, 0.717) is 0 Å². The minimum Gasteiger partial charge on any atom is -0.0844 e. The van der Waals surface area contributed by atoms with Gasteiger partial charge in [-0.3, -0.25) is 0 Å². The smallest absolute Gasteiger partial charge is 0.0178 e. The highest BCUT2D eigenvalue weighted by Gasteiger charge is 2.04. The van der Waals surface area contributed by atoms with Gasteiger partial charge in [-0.15, -0.1) is 0 Å². The zero-order valence-electron chi connectivity index (χ0n) is 23.2. The molecule has 3 aromatic rings. The molecule has 0 heteroatoms. The molecule has 0 fully saturated rings. The predicted molar refractivity (Wildman–Crippen MR) is 159 cm³/mol. The van der Waals surface area contributed by atoms with Gasteiger partial charge >= 0.3 is 0 Å². The van der Waals surface area contributed by atoms with Crippen molar-refractivity contribution in [2.75, 3.05) is 0 Å². The van der Waals surface area contributed by atoms with E-state index in [0.717, 1.165) is 5.92 Å². The van der Waals surface area contributed by atoms with E-state index in [9.17, 15) is 0 Å². The van der Waals surface area contributed by atoms with Gasteiger partial charge in [0.2, 0.25) is 0 Å². The molecule has 35 heavy (non-hydrogen) atoms. The molecule has 0 saturated carbocycles. The van der Waals surface area contributed by atoms with Crippen LogP contribution in [0, 0.1) is 26.7 Å². The number of hydrogen-bond donors (Lipinski definition) is 0. The van der Waals surface area contributed by atoms with Crippen molar-refractivity contribution < 1.29 is 0 Å². The average Bonchev–Trinajstić information content (AvgIpc) is 2.85. The van der Waals surface area contributed by atoms with Crippen molar-refractivity contribution in [2.24, 2.45) is 5.92 Å². The van der Waals surface area contributed by atoms with Gasteiger partial charge in [-0.25, -0.2) is 0 Å². The lowest BCUT2D eigenvalue weighted by Gasteiger charge is -2.10. The Morgan fingerprint density at radius 1 is 0.771 bits per heavy atom. The molecule has 184 valence electrons. The first-order chi connectivity index (χ1) is 16.7. The molecular formula is C35H44. The summed E-state index contributed by atoms with van der Waals surface area (Å²) in [6.07, 6.45) is 11.3. The molecule has 0 radical (unpaired) electrons. The Labute approximate surface area is 215 Å². The molecule has 0 aliphatic heterocycles. The monoisotopic (exact) mass is 464 g/mol. The molecular weight excluding hydrogens is 420 g/mol. The second-order valence-corrected chi connectivity index (χ2v) is 9.86. The second kappa shape index (κ2) is 14.3. The fraction of sp³-hybridized carbons (Fsp3) is 0.314. The first-order valence-corrected chi connectivity index (χ1v) is 12.9. The van der Waals surface area contributed by atoms with Gasteiger partial charge in [0.15, 0.2) is 0 Å². The van der Waals surface area contributed by atoms with E-state index in [1.54, 1.807) is 0 Å². The maximum absolute atomic E-state index is 2.29. The van der Waals surface area contributed by atoms with Gasteiger partial charge in [-0.2, -0.15) is 0 Å². The molecule has 3 rings (SSSR count). The first kappa shape index (κ1) is 28.1. The highest BCUT2D eigenvalue weighted by atomic mass is 14.1. The van der Waals surface area contributed by atoms with Gasteiger partial charge in [0.05, 0.1) is 0 Å². The van der Waals surface area contributed by atoms with Crippen LogP contribution in [-0.2, 0) is 0 Å². The highest BCUT2D eigenvalue weighted by Crippen LogP contribution is 2.27. The van der Waals surface area contributed by atoms with Crippen molar-refractivity contribution in [1.82, 2.24) is 0 Å². The van der Waals surface area contributed by atoms with Crippen LogP contribution in [0.4, 0.5) is 0 Å². The molecule has 0 amide bonds. The fourth-order valence-electron chi connectivity index (χ4n) is 3.96. The second-order valence-electron chi connectivity index (χ2n) is 9.86. The van der Waals surface area contributed by atoms with Crippen molar-refractivity contribution in [3.05, 3.63) is 118 Å². The largest absolute Gasteiger partial charge is 0.0844 e. The van der Waals surface area contributed by atoms with Gasteiger partial charge in [0.1, 0.15) is 0 Å². The highest BCUT2D eigenvalue weighted by molar-refractivity contribution is 5.74. The molecule has 0 heterocycles. The van der Waals surface area contributed by atoms with Crippen LogP contribution in [0.25, 0.3) is 22.8 Å². The van der Waals surface area contributed by atoms with E-state index in [1.165, 1.54) is 62.9 Å². The van der Waals surface area contributed by atoms with E-state index < -0.39 is 0 Å². The molecule has 0 aliphatic carbocycles. The third kappa shape index (κ3) is 9.21. The van der Waals surface area contributed by atoms with Gasteiger partial charge in [-0.05, 0) is 105 Å². The Kier molecular flexibility index (Phi) is 11.5. The molecule has 0 N–H and O–H groups in total. The molecule has 3 aromatic carbocycles. The standard InChI is InChI=1S/C18H20.C17H24/c1-5-14(3)18-12-17(10-9-15(18)4)16-8-6-7-13(2)11-16;1-5-16(11-10-14(2)3)12-13-17-9-7-6-8-15(17)4/h5-12H,1-4H3;5-9,12-14H,10-11H2,1-4H3/b14-5+;13-12+,16-5-. The Morgan fingerprint density at radius 2 is 1.49 bits per heavy atom. The van der Waals surface area contributed by atoms with Crippen LogP contribution in [0.3, 0.4) is 0 Å². The molecule has 0 unspecified atom stereocenters. The third-order valence-corrected chi connectivity index (χ3v) is 6.49. The van der Waals surface area contributed by atoms with Gasteiger partial charge in [0.25, 0.3) is 0 Å². The van der Waals surface area contributed by atoms with E-state index in [-0.39, 0.29) is 0 Å². The Bertz CT molecular complexity index is 1170. The van der Waals surface area contributed by atoms with E-state index >= 15 is 0 Å². The zero-order chi connectivity index (χ0) is 25.8. The molecule has 0 bridgehead atoms. The van der Waals surface area contributed by atoms with Gasteiger partial charge < -0.3 is 0 Å². The van der Waals surface area contributed by atoms with Crippen molar-refractivity contribution >= 4 is 11.6 Å². The summed E-state index contributed by atoms with van der Waals surface area (Å²) in [6, 6.07) is 23.9. The van der Waals surface area contributed by atoms with Gasteiger partial charge in [-0.1, -0.05) is 110 Å². The van der Waals surface area contributed by atoms with Crippen LogP contribution in [-0.4, -0.2) is 0 Å². The van der Waals surface area contributed by atoms with Crippen LogP contribution in [0.15, 0.2) is 90.5 Å². The molecule has 0 nitrogen and oxygen atoms in total. The summed E-state index contributed by atoms with van der Waals surface area (Å²) in [7, 11) is 0. The summed E-state index contributed by atoms with van der Waals surface area (Å²) in [5, 5.41) is 0. The number of allylic oxidation sites excluding steroid dienone is 5. The third-order valence-electron chi connectivity index (χ3n) is 6.49. The molecule has 0 aliphatic rings. The number of aryl methyl sites for hydroxylation is 3. The van der Waals surface area contributed by atoms with Crippen molar-refractivity contribution in [1.29, 1.82) is 0 Å². The zero-order valence-corrected chi connectivity index (χ0v) is 23.2. The van der Waals surface area contributed by atoms with E-state index in [2.05, 4.69) is 146 Å². The quantitative estimate of drug-likeness (QED) is 0.305. The normalized spacial score (nSPS) is 12.1. The number of hydrogen-bond acceptors (Lipinski definition) is 0. The Morgan fingerprint density at radius 3 is 2.11 bits per heavy atom. The fourth-order valence-corrected chi connectivity index (χ4v) is 3.96. The number of benzene rings is 3. The van der Waals surface area contributed by atoms with Crippen molar-refractivity contribution in [3.8, 4) is 11.1 Å². The molecule has 0 atom stereocenters. The minimum absolute atomic E-state index is 0.775. The lowest BCUT2D eigenvalue weighted by atomic mass is 9.95. The summed E-state index contributed by atoms with van der Waals surface area (Å²) in [5.41, 5.74) is 12.0. The molecule has 0 aromatic heterocycles. The summed E-state index contributed by atoms with van der Waals surface area (Å²) in [6.45, 7) is 17.4. The average molecular weight is 465 g/mol. The topological polar surface area (TPSA) is 0 Å².